The Morgan fingerprint density at radius 1 is 1.44 bits per heavy atom. The molecule has 1 aromatic carbocycles. The average Bonchev–Trinajstić information content (AvgIpc) is 2.66. The summed E-state index contributed by atoms with van der Waals surface area (Å²) in [6.45, 7) is 0.434. The fraction of sp³-hybridized carbons (Fsp3) is 0.417. The van der Waals surface area contributed by atoms with Gasteiger partial charge in [0.25, 0.3) is 5.91 Å². The van der Waals surface area contributed by atoms with Crippen molar-refractivity contribution >= 4 is 38.3 Å². The van der Waals surface area contributed by atoms with E-state index in [1.807, 2.05) is 12.1 Å². The summed E-state index contributed by atoms with van der Waals surface area (Å²) in [5.74, 6) is 0.357. The third-order valence-corrected chi connectivity index (χ3v) is 5.47. The van der Waals surface area contributed by atoms with Crippen LogP contribution in [0.25, 0.3) is 0 Å². The molecule has 1 saturated heterocycles. The Bertz CT molecular complexity index is 556. The predicted molar refractivity (Wildman–Crippen MR) is 78.3 cm³/mol. The van der Waals surface area contributed by atoms with Crippen LogP contribution in [0.15, 0.2) is 24.3 Å². The van der Waals surface area contributed by atoms with E-state index in [9.17, 15) is 13.2 Å². The molecular formula is C12H14INO3S. The molecule has 1 fully saturated rings. The molecule has 4 nitrogen and oxygen atoms in total. The summed E-state index contributed by atoms with van der Waals surface area (Å²) in [7, 11) is -2.87. The van der Waals surface area contributed by atoms with Gasteiger partial charge < -0.3 is 5.32 Å². The molecule has 1 aromatic rings. The number of carbonyl (C=O) groups is 1. The van der Waals surface area contributed by atoms with Crippen LogP contribution in [-0.4, -0.2) is 32.4 Å². The quantitative estimate of drug-likeness (QED) is 0.809. The first-order valence-corrected chi connectivity index (χ1v) is 8.60. The predicted octanol–water partition coefficient (Wildman–Crippen LogP) is 1.46. The second-order valence-electron chi connectivity index (χ2n) is 4.49. The van der Waals surface area contributed by atoms with E-state index in [0.717, 1.165) is 3.57 Å². The van der Waals surface area contributed by atoms with Crippen LogP contribution >= 0.6 is 22.6 Å². The van der Waals surface area contributed by atoms with Crippen molar-refractivity contribution in [1.29, 1.82) is 0 Å². The van der Waals surface area contributed by atoms with E-state index < -0.39 is 9.84 Å². The van der Waals surface area contributed by atoms with Crippen LogP contribution in [0.5, 0.6) is 0 Å². The highest BCUT2D eigenvalue weighted by atomic mass is 127. The fourth-order valence-corrected chi connectivity index (χ4v) is 4.41. The number of sulfone groups is 1. The number of benzene rings is 1. The molecule has 2 rings (SSSR count). The maximum absolute atomic E-state index is 11.9. The van der Waals surface area contributed by atoms with Crippen LogP contribution in [0.3, 0.4) is 0 Å². The Morgan fingerprint density at radius 2 is 2.22 bits per heavy atom. The van der Waals surface area contributed by atoms with Gasteiger partial charge >= 0.3 is 0 Å². The van der Waals surface area contributed by atoms with E-state index in [1.165, 1.54) is 0 Å². The molecule has 0 aliphatic carbocycles. The van der Waals surface area contributed by atoms with Gasteiger partial charge in [0, 0.05) is 15.7 Å². The van der Waals surface area contributed by atoms with Gasteiger partial charge in [-0.1, -0.05) is 6.07 Å². The molecule has 0 spiro atoms. The van der Waals surface area contributed by atoms with Crippen molar-refractivity contribution < 1.29 is 13.2 Å². The monoisotopic (exact) mass is 379 g/mol. The van der Waals surface area contributed by atoms with E-state index in [2.05, 4.69) is 27.9 Å². The molecular weight excluding hydrogens is 365 g/mol. The Kier molecular flexibility index (Phi) is 4.26. The Morgan fingerprint density at radius 3 is 2.83 bits per heavy atom. The lowest BCUT2D eigenvalue weighted by Crippen LogP contribution is -2.29. The topological polar surface area (TPSA) is 63.2 Å². The smallest absolute Gasteiger partial charge is 0.251 e. The third-order valence-electron chi connectivity index (χ3n) is 2.96. The lowest BCUT2D eigenvalue weighted by atomic mass is 10.1. The maximum Gasteiger partial charge on any atom is 0.251 e. The SMILES string of the molecule is O=C(NCC1CCS(=O)(=O)C1)c1cccc(I)c1. The molecule has 18 heavy (non-hydrogen) atoms. The molecule has 1 aliphatic rings. The number of hydrogen-bond acceptors (Lipinski definition) is 3. The zero-order valence-corrected chi connectivity index (χ0v) is 12.7. The van der Waals surface area contributed by atoms with Crippen LogP contribution in [0.2, 0.25) is 0 Å². The Hall–Kier alpha value is -0.630. The van der Waals surface area contributed by atoms with Crippen LogP contribution < -0.4 is 5.32 Å². The Balaban J connectivity index is 1.90. The van der Waals surface area contributed by atoms with Crippen LogP contribution in [0.4, 0.5) is 0 Å². The van der Waals surface area contributed by atoms with Gasteiger partial charge in [-0.3, -0.25) is 4.79 Å². The van der Waals surface area contributed by atoms with Crippen molar-refractivity contribution in [2.45, 2.75) is 6.42 Å². The van der Waals surface area contributed by atoms with Crippen molar-refractivity contribution in [3.05, 3.63) is 33.4 Å². The third kappa shape index (κ3) is 3.68. The largest absolute Gasteiger partial charge is 0.352 e. The van der Waals surface area contributed by atoms with Crippen molar-refractivity contribution in [3.63, 3.8) is 0 Å². The van der Waals surface area contributed by atoms with Gasteiger partial charge in [0.15, 0.2) is 9.84 Å². The van der Waals surface area contributed by atoms with Crippen molar-refractivity contribution in [2.24, 2.45) is 5.92 Å². The standard InChI is InChI=1S/C12H14INO3S/c13-11-3-1-2-10(6-11)12(15)14-7-9-4-5-18(16,17)8-9/h1-3,6,9H,4-5,7-8H2,(H,14,15). The normalized spacial score (nSPS) is 21.7. The number of carbonyl (C=O) groups excluding carboxylic acids is 1. The molecule has 1 heterocycles. The van der Waals surface area contributed by atoms with Crippen molar-refractivity contribution in [1.82, 2.24) is 5.32 Å². The van der Waals surface area contributed by atoms with Gasteiger partial charge in [-0.25, -0.2) is 8.42 Å². The van der Waals surface area contributed by atoms with Crippen LogP contribution in [0, 0.1) is 9.49 Å². The summed E-state index contributed by atoms with van der Waals surface area (Å²) in [6.07, 6.45) is 0.648. The molecule has 0 radical (unpaired) electrons. The number of amides is 1. The number of halogens is 1. The molecule has 1 unspecified atom stereocenters. The minimum Gasteiger partial charge on any atom is -0.352 e. The first-order chi connectivity index (χ1) is 8.46. The summed E-state index contributed by atoms with van der Waals surface area (Å²) >= 11 is 2.15. The highest BCUT2D eigenvalue weighted by Crippen LogP contribution is 2.17. The van der Waals surface area contributed by atoms with Gasteiger partial charge in [-0.15, -0.1) is 0 Å². The number of rotatable bonds is 3. The molecule has 1 aliphatic heterocycles. The summed E-state index contributed by atoms with van der Waals surface area (Å²) in [5, 5.41) is 2.80. The van der Waals surface area contributed by atoms with Gasteiger partial charge in [-0.05, 0) is 53.1 Å². The highest BCUT2D eigenvalue weighted by molar-refractivity contribution is 14.1. The molecule has 1 amide bonds. The summed E-state index contributed by atoms with van der Waals surface area (Å²) in [6, 6.07) is 7.31. The number of nitrogens with one attached hydrogen (secondary N) is 1. The van der Waals surface area contributed by atoms with E-state index in [4.69, 9.17) is 0 Å². The zero-order valence-electron chi connectivity index (χ0n) is 9.73. The molecule has 1 N–H and O–H groups in total. The van der Waals surface area contributed by atoms with Gasteiger partial charge in [0.05, 0.1) is 11.5 Å². The van der Waals surface area contributed by atoms with E-state index in [1.54, 1.807) is 12.1 Å². The Labute approximate surface area is 120 Å². The maximum atomic E-state index is 11.9. The fourth-order valence-electron chi connectivity index (χ4n) is 2.00. The van der Waals surface area contributed by atoms with Gasteiger partial charge in [-0.2, -0.15) is 0 Å². The molecule has 0 bridgehead atoms. The highest BCUT2D eigenvalue weighted by Gasteiger charge is 2.27. The van der Waals surface area contributed by atoms with E-state index in [-0.39, 0.29) is 23.3 Å². The molecule has 1 atom stereocenters. The van der Waals surface area contributed by atoms with Gasteiger partial charge in [0.1, 0.15) is 0 Å². The van der Waals surface area contributed by atoms with Crippen LogP contribution in [0.1, 0.15) is 16.8 Å². The first-order valence-electron chi connectivity index (χ1n) is 5.70. The molecule has 0 saturated carbocycles. The molecule has 6 heteroatoms. The zero-order chi connectivity index (χ0) is 13.2. The lowest BCUT2D eigenvalue weighted by Gasteiger charge is -2.09. The molecule has 0 aromatic heterocycles. The summed E-state index contributed by atoms with van der Waals surface area (Å²) < 4.78 is 23.6. The van der Waals surface area contributed by atoms with E-state index in [0.29, 0.717) is 18.5 Å². The summed E-state index contributed by atoms with van der Waals surface area (Å²) in [4.78, 5) is 11.9. The second-order valence-corrected chi connectivity index (χ2v) is 7.96. The minimum absolute atomic E-state index is 0.0572. The number of hydrogen-bond donors (Lipinski definition) is 1. The van der Waals surface area contributed by atoms with Crippen LogP contribution in [-0.2, 0) is 9.84 Å². The van der Waals surface area contributed by atoms with Gasteiger partial charge in [0.2, 0.25) is 0 Å². The summed E-state index contributed by atoms with van der Waals surface area (Å²) in [5.41, 5.74) is 0.614. The van der Waals surface area contributed by atoms with Crippen molar-refractivity contribution in [2.75, 3.05) is 18.1 Å². The second kappa shape index (κ2) is 5.56. The molecule has 98 valence electrons. The first kappa shape index (κ1) is 13.8. The lowest BCUT2D eigenvalue weighted by molar-refractivity contribution is 0.0948. The van der Waals surface area contributed by atoms with E-state index >= 15 is 0 Å². The average molecular weight is 379 g/mol. The minimum atomic E-state index is -2.87. The van der Waals surface area contributed by atoms with Crippen molar-refractivity contribution in [3.8, 4) is 0 Å².